The third-order valence-corrected chi connectivity index (χ3v) is 4.45. The third kappa shape index (κ3) is 4.80. The van der Waals surface area contributed by atoms with Gasteiger partial charge in [-0.05, 0) is 42.0 Å². The van der Waals surface area contributed by atoms with E-state index in [4.69, 9.17) is 5.26 Å². The van der Waals surface area contributed by atoms with Crippen molar-refractivity contribution in [2.45, 2.75) is 6.42 Å². The number of carbonyl (C=O) groups excluding carboxylic acids is 1. The van der Waals surface area contributed by atoms with Gasteiger partial charge in [0, 0.05) is 37.6 Å². The summed E-state index contributed by atoms with van der Waals surface area (Å²) in [5.74, 6) is -0.280. The van der Waals surface area contributed by atoms with Crippen molar-refractivity contribution < 1.29 is 9.18 Å². The molecule has 0 aliphatic carbocycles. The Morgan fingerprint density at radius 3 is 2.31 bits per heavy atom. The Morgan fingerprint density at radius 1 is 1.04 bits per heavy atom. The summed E-state index contributed by atoms with van der Waals surface area (Å²) in [5.41, 5.74) is 2.68. The van der Waals surface area contributed by atoms with Crippen molar-refractivity contribution >= 4 is 17.3 Å². The van der Waals surface area contributed by atoms with Crippen molar-refractivity contribution in [1.29, 1.82) is 5.26 Å². The van der Waals surface area contributed by atoms with Crippen LogP contribution in [0.4, 0.5) is 15.8 Å². The largest absolute Gasteiger partial charge is 0.369 e. The average molecular weight is 352 g/mol. The summed E-state index contributed by atoms with van der Waals surface area (Å²) in [6.45, 7) is 3.53. The van der Waals surface area contributed by atoms with Crippen molar-refractivity contribution in [1.82, 2.24) is 4.90 Å². The number of carbonyl (C=O) groups is 1. The van der Waals surface area contributed by atoms with Crippen LogP contribution in [0.25, 0.3) is 0 Å². The first kappa shape index (κ1) is 17.9. The molecule has 1 amide bonds. The maximum absolute atomic E-state index is 13.0. The molecular formula is C20H21FN4O. The first-order valence-corrected chi connectivity index (χ1v) is 8.62. The molecule has 1 heterocycles. The Hall–Kier alpha value is -2.91. The summed E-state index contributed by atoms with van der Waals surface area (Å²) < 4.78 is 13.0. The topological polar surface area (TPSA) is 59.4 Å². The van der Waals surface area contributed by atoms with Crippen LogP contribution >= 0.6 is 0 Å². The van der Waals surface area contributed by atoms with Crippen LogP contribution in [0, 0.1) is 17.1 Å². The zero-order valence-electron chi connectivity index (χ0n) is 14.5. The van der Waals surface area contributed by atoms with Gasteiger partial charge in [0.2, 0.25) is 5.91 Å². The minimum absolute atomic E-state index is 0.0479. The zero-order valence-corrected chi connectivity index (χ0v) is 14.5. The number of nitrogens with zero attached hydrogens (tertiary/aromatic N) is 3. The van der Waals surface area contributed by atoms with Gasteiger partial charge in [-0.2, -0.15) is 5.26 Å². The molecule has 0 unspecified atom stereocenters. The smallest absolute Gasteiger partial charge is 0.238 e. The van der Waals surface area contributed by atoms with Gasteiger partial charge in [0.15, 0.2) is 0 Å². The Balaban J connectivity index is 1.46. The highest BCUT2D eigenvalue weighted by Gasteiger charge is 2.19. The van der Waals surface area contributed by atoms with E-state index in [2.05, 4.69) is 21.2 Å². The lowest BCUT2D eigenvalue weighted by atomic mass is 10.1. The maximum atomic E-state index is 13.0. The molecule has 0 atom stereocenters. The van der Waals surface area contributed by atoms with Gasteiger partial charge in [0.05, 0.1) is 19.0 Å². The minimum Gasteiger partial charge on any atom is -0.369 e. The molecule has 26 heavy (non-hydrogen) atoms. The van der Waals surface area contributed by atoms with E-state index in [0.717, 1.165) is 43.1 Å². The van der Waals surface area contributed by atoms with E-state index in [1.54, 1.807) is 12.1 Å². The van der Waals surface area contributed by atoms with Gasteiger partial charge in [-0.1, -0.05) is 12.1 Å². The monoisotopic (exact) mass is 352 g/mol. The molecule has 134 valence electrons. The van der Waals surface area contributed by atoms with Gasteiger partial charge in [0.25, 0.3) is 0 Å². The Kier molecular flexibility index (Phi) is 5.82. The predicted octanol–water partition coefficient (Wildman–Crippen LogP) is 2.65. The molecule has 2 aromatic carbocycles. The van der Waals surface area contributed by atoms with E-state index < -0.39 is 0 Å². The lowest BCUT2D eigenvalue weighted by Gasteiger charge is -2.35. The summed E-state index contributed by atoms with van der Waals surface area (Å²) in [7, 11) is 0. The summed E-state index contributed by atoms with van der Waals surface area (Å²) in [6.07, 6.45) is 0.368. The van der Waals surface area contributed by atoms with Crippen LogP contribution in [-0.2, 0) is 11.2 Å². The van der Waals surface area contributed by atoms with Gasteiger partial charge in [-0.25, -0.2) is 4.39 Å². The number of anilines is 2. The van der Waals surface area contributed by atoms with Crippen molar-refractivity contribution in [3.05, 3.63) is 59.9 Å². The van der Waals surface area contributed by atoms with E-state index in [1.165, 1.54) is 12.1 Å². The van der Waals surface area contributed by atoms with Gasteiger partial charge in [-0.15, -0.1) is 0 Å². The van der Waals surface area contributed by atoms with Crippen LogP contribution in [0.1, 0.15) is 5.56 Å². The Bertz CT molecular complexity index is 775. The molecule has 1 aliphatic rings. The highest BCUT2D eigenvalue weighted by atomic mass is 19.1. The number of benzene rings is 2. The fraction of sp³-hybridized carbons (Fsp3) is 0.300. The van der Waals surface area contributed by atoms with Crippen LogP contribution in [-0.4, -0.2) is 43.5 Å². The van der Waals surface area contributed by atoms with Crippen molar-refractivity contribution in [3.8, 4) is 6.07 Å². The molecule has 1 fully saturated rings. The average Bonchev–Trinajstić information content (AvgIpc) is 2.65. The number of hydrogen-bond acceptors (Lipinski definition) is 4. The van der Waals surface area contributed by atoms with E-state index in [0.29, 0.717) is 13.0 Å². The van der Waals surface area contributed by atoms with Gasteiger partial charge < -0.3 is 10.2 Å². The number of piperazine rings is 1. The highest BCUT2D eigenvalue weighted by Crippen LogP contribution is 2.17. The Morgan fingerprint density at radius 2 is 1.69 bits per heavy atom. The van der Waals surface area contributed by atoms with Crippen LogP contribution in [0.2, 0.25) is 0 Å². The van der Waals surface area contributed by atoms with Gasteiger partial charge >= 0.3 is 0 Å². The molecule has 1 N–H and O–H groups in total. The zero-order chi connectivity index (χ0) is 18.4. The molecule has 0 spiro atoms. The SMILES string of the molecule is N#CCc1ccc(NC(=O)CN2CCN(c3ccc(F)cc3)CC2)cc1. The normalized spacial score (nSPS) is 14.7. The first-order valence-electron chi connectivity index (χ1n) is 8.62. The summed E-state index contributed by atoms with van der Waals surface area (Å²) in [5, 5.41) is 11.6. The van der Waals surface area contributed by atoms with Crippen molar-refractivity contribution in [2.75, 3.05) is 42.9 Å². The number of hydrogen-bond donors (Lipinski definition) is 1. The fourth-order valence-corrected chi connectivity index (χ4v) is 3.02. The highest BCUT2D eigenvalue weighted by molar-refractivity contribution is 5.92. The summed E-state index contributed by atoms with van der Waals surface area (Å²) in [6, 6.07) is 15.9. The third-order valence-electron chi connectivity index (χ3n) is 4.45. The minimum atomic E-state index is -0.232. The van der Waals surface area contributed by atoms with Gasteiger partial charge in [-0.3, -0.25) is 9.69 Å². The Labute approximate surface area is 152 Å². The lowest BCUT2D eigenvalue weighted by Crippen LogP contribution is -2.48. The quantitative estimate of drug-likeness (QED) is 0.899. The second-order valence-corrected chi connectivity index (χ2v) is 6.32. The van der Waals surface area contributed by atoms with Gasteiger partial charge in [0.1, 0.15) is 5.82 Å². The van der Waals surface area contributed by atoms with Crippen LogP contribution in [0.15, 0.2) is 48.5 Å². The molecule has 0 aromatic heterocycles. The number of rotatable bonds is 5. The van der Waals surface area contributed by atoms with Crippen LogP contribution in [0.5, 0.6) is 0 Å². The van der Waals surface area contributed by atoms with E-state index in [9.17, 15) is 9.18 Å². The molecule has 2 aromatic rings. The fourth-order valence-electron chi connectivity index (χ4n) is 3.02. The standard InChI is InChI=1S/C20H21FN4O/c21-17-3-7-19(8-4-17)25-13-11-24(12-14-25)15-20(26)23-18-5-1-16(2-6-18)9-10-22/h1-8H,9,11-15H2,(H,23,26). The van der Waals surface area contributed by atoms with Crippen molar-refractivity contribution in [3.63, 3.8) is 0 Å². The lowest BCUT2D eigenvalue weighted by molar-refractivity contribution is -0.117. The molecule has 0 saturated carbocycles. The molecule has 0 radical (unpaired) electrons. The molecule has 5 nitrogen and oxygen atoms in total. The number of amides is 1. The second kappa shape index (κ2) is 8.45. The van der Waals surface area contributed by atoms with E-state index in [-0.39, 0.29) is 11.7 Å². The molecule has 1 aliphatic heterocycles. The van der Waals surface area contributed by atoms with Crippen molar-refractivity contribution in [2.24, 2.45) is 0 Å². The summed E-state index contributed by atoms with van der Waals surface area (Å²) in [4.78, 5) is 16.5. The van der Waals surface area contributed by atoms with Crippen LogP contribution in [0.3, 0.4) is 0 Å². The number of nitrogens with one attached hydrogen (secondary N) is 1. The molecule has 6 heteroatoms. The van der Waals surface area contributed by atoms with E-state index >= 15 is 0 Å². The maximum Gasteiger partial charge on any atom is 0.238 e. The molecular weight excluding hydrogens is 331 g/mol. The van der Waals surface area contributed by atoms with E-state index in [1.807, 2.05) is 24.3 Å². The number of nitriles is 1. The predicted molar refractivity (Wildman–Crippen MR) is 99.4 cm³/mol. The molecule has 0 bridgehead atoms. The second-order valence-electron chi connectivity index (χ2n) is 6.32. The number of halogens is 1. The molecule has 1 saturated heterocycles. The van der Waals surface area contributed by atoms with Crippen LogP contribution < -0.4 is 10.2 Å². The first-order chi connectivity index (χ1) is 12.6. The molecule has 3 rings (SSSR count). The summed E-state index contributed by atoms with van der Waals surface area (Å²) >= 11 is 0.